The molecule has 0 saturated carbocycles. The summed E-state index contributed by atoms with van der Waals surface area (Å²) >= 11 is 6.38. The van der Waals surface area contributed by atoms with E-state index in [2.05, 4.69) is 30.9 Å². The van der Waals surface area contributed by atoms with Crippen LogP contribution in [0.3, 0.4) is 0 Å². The van der Waals surface area contributed by atoms with Crippen molar-refractivity contribution in [1.29, 1.82) is 0 Å². The van der Waals surface area contributed by atoms with Gasteiger partial charge in [0.15, 0.2) is 0 Å². The first-order chi connectivity index (χ1) is 14.7. The number of pyridine rings is 1. The van der Waals surface area contributed by atoms with Gasteiger partial charge in [0.1, 0.15) is 11.6 Å². The fraction of sp³-hybridized carbons (Fsp3) is 0.524. The lowest BCUT2D eigenvalue weighted by Crippen LogP contribution is -2.34. The lowest BCUT2D eigenvalue weighted by atomic mass is 9.97. The van der Waals surface area contributed by atoms with E-state index in [1.165, 1.54) is 0 Å². The Morgan fingerprint density at radius 3 is 2.73 bits per heavy atom. The first-order valence-electron chi connectivity index (χ1n) is 10.5. The van der Waals surface area contributed by atoms with Crippen molar-refractivity contribution in [1.82, 2.24) is 20.3 Å². The number of hydrogen-bond acceptors (Lipinski definition) is 7. The molecular formula is C21H27ClN6O2. The van der Waals surface area contributed by atoms with E-state index in [4.69, 9.17) is 16.3 Å². The number of carbonyl (C=O) groups is 1. The van der Waals surface area contributed by atoms with Crippen molar-refractivity contribution in [3.8, 4) is 11.3 Å². The van der Waals surface area contributed by atoms with E-state index in [1.807, 2.05) is 0 Å². The maximum atomic E-state index is 12.5. The largest absolute Gasteiger partial charge is 0.381 e. The van der Waals surface area contributed by atoms with Crippen molar-refractivity contribution < 1.29 is 9.53 Å². The average molecular weight is 431 g/mol. The van der Waals surface area contributed by atoms with Crippen molar-refractivity contribution in [3.05, 3.63) is 29.7 Å². The van der Waals surface area contributed by atoms with Crippen molar-refractivity contribution in [2.45, 2.75) is 25.7 Å². The molecule has 2 aliphatic heterocycles. The molecule has 8 nitrogen and oxygen atoms in total. The topological polar surface area (TPSA) is 101 Å². The molecule has 2 aromatic rings. The minimum Gasteiger partial charge on any atom is -0.381 e. The molecule has 4 rings (SSSR count). The van der Waals surface area contributed by atoms with Crippen LogP contribution in [0.15, 0.2) is 24.7 Å². The molecule has 30 heavy (non-hydrogen) atoms. The third-order valence-electron chi connectivity index (χ3n) is 5.64. The van der Waals surface area contributed by atoms with Crippen LogP contribution in [0.25, 0.3) is 11.3 Å². The van der Waals surface area contributed by atoms with Crippen LogP contribution in [-0.4, -0.2) is 53.7 Å². The zero-order chi connectivity index (χ0) is 20.8. The zero-order valence-corrected chi connectivity index (χ0v) is 17.6. The number of carbonyl (C=O) groups excluding carboxylic acids is 1. The van der Waals surface area contributed by atoms with Crippen molar-refractivity contribution >= 4 is 29.1 Å². The Hall–Kier alpha value is -2.29. The SMILES string of the molecule is O=C(Nc1cc(-c2cncc(NCC3CCOCC3)n2)c(Cl)cn1)C1CCNCC1. The lowest BCUT2D eigenvalue weighted by molar-refractivity contribution is -0.120. The molecular weight excluding hydrogens is 404 g/mol. The van der Waals surface area contributed by atoms with Crippen LogP contribution in [0.5, 0.6) is 0 Å². The first-order valence-corrected chi connectivity index (χ1v) is 10.9. The lowest BCUT2D eigenvalue weighted by Gasteiger charge is -2.22. The predicted octanol–water partition coefficient (Wildman–Crippen LogP) is 2.97. The van der Waals surface area contributed by atoms with Gasteiger partial charge in [-0.05, 0) is 50.8 Å². The Morgan fingerprint density at radius 2 is 1.93 bits per heavy atom. The minimum atomic E-state index is -0.00441. The Labute approximate surface area is 181 Å². The molecule has 2 aromatic heterocycles. The van der Waals surface area contributed by atoms with Gasteiger partial charge in [-0.2, -0.15) is 0 Å². The summed E-state index contributed by atoms with van der Waals surface area (Å²) in [6, 6.07) is 1.76. The van der Waals surface area contributed by atoms with Crippen LogP contribution in [0.2, 0.25) is 5.02 Å². The van der Waals surface area contributed by atoms with E-state index in [9.17, 15) is 4.79 Å². The molecule has 9 heteroatoms. The second-order valence-electron chi connectivity index (χ2n) is 7.79. The first kappa shape index (κ1) is 21.0. The Kier molecular flexibility index (Phi) is 7.09. The maximum absolute atomic E-state index is 12.5. The number of nitrogens with zero attached hydrogens (tertiary/aromatic N) is 3. The number of hydrogen-bond donors (Lipinski definition) is 3. The van der Waals surface area contributed by atoms with Crippen LogP contribution in [0.4, 0.5) is 11.6 Å². The number of ether oxygens (including phenoxy) is 1. The van der Waals surface area contributed by atoms with Crippen LogP contribution in [0.1, 0.15) is 25.7 Å². The van der Waals surface area contributed by atoms with E-state index in [-0.39, 0.29) is 11.8 Å². The summed E-state index contributed by atoms with van der Waals surface area (Å²) in [6.45, 7) is 4.19. The molecule has 4 heterocycles. The summed E-state index contributed by atoms with van der Waals surface area (Å²) in [5.41, 5.74) is 1.33. The van der Waals surface area contributed by atoms with Gasteiger partial charge in [-0.25, -0.2) is 9.97 Å². The molecule has 2 fully saturated rings. The van der Waals surface area contributed by atoms with Crippen LogP contribution < -0.4 is 16.0 Å². The fourth-order valence-corrected chi connectivity index (χ4v) is 4.00. The molecule has 160 valence electrons. The van der Waals surface area contributed by atoms with Gasteiger partial charge in [-0.1, -0.05) is 11.6 Å². The van der Waals surface area contributed by atoms with Gasteiger partial charge >= 0.3 is 0 Å². The van der Waals surface area contributed by atoms with Crippen molar-refractivity contribution in [2.24, 2.45) is 11.8 Å². The highest BCUT2D eigenvalue weighted by molar-refractivity contribution is 6.33. The number of halogens is 1. The van der Waals surface area contributed by atoms with Gasteiger partial charge in [0, 0.05) is 37.4 Å². The minimum absolute atomic E-state index is 0.00434. The summed E-state index contributed by atoms with van der Waals surface area (Å²) in [5.74, 6) is 1.75. The molecule has 0 spiro atoms. The standard InChI is InChI=1S/C21H27ClN6O2/c22-17-11-26-19(28-21(29)15-1-5-23-6-2-15)9-16(17)18-12-24-13-20(27-18)25-10-14-3-7-30-8-4-14/h9,11-15,23H,1-8,10H2,(H,25,27)(H,26,28,29). The highest BCUT2D eigenvalue weighted by atomic mass is 35.5. The Morgan fingerprint density at radius 1 is 1.13 bits per heavy atom. The third kappa shape index (κ3) is 5.44. The molecule has 2 saturated heterocycles. The van der Waals surface area contributed by atoms with E-state index in [0.29, 0.717) is 33.8 Å². The summed E-state index contributed by atoms with van der Waals surface area (Å²) in [5, 5.41) is 10.0. The summed E-state index contributed by atoms with van der Waals surface area (Å²) in [7, 11) is 0. The quantitative estimate of drug-likeness (QED) is 0.647. The van der Waals surface area contributed by atoms with Gasteiger partial charge in [-0.3, -0.25) is 9.78 Å². The summed E-state index contributed by atoms with van der Waals surface area (Å²) in [6.07, 6.45) is 8.68. The van der Waals surface area contributed by atoms with Crippen LogP contribution in [-0.2, 0) is 9.53 Å². The number of aromatic nitrogens is 3. The van der Waals surface area contributed by atoms with Gasteiger partial charge in [0.05, 0.1) is 23.1 Å². The van der Waals surface area contributed by atoms with Gasteiger partial charge in [-0.15, -0.1) is 0 Å². The van der Waals surface area contributed by atoms with Gasteiger partial charge in [0.2, 0.25) is 5.91 Å². The number of nitrogens with one attached hydrogen (secondary N) is 3. The normalized spacial score (nSPS) is 18.2. The zero-order valence-electron chi connectivity index (χ0n) is 16.9. The smallest absolute Gasteiger partial charge is 0.228 e. The Balaban J connectivity index is 1.45. The molecule has 0 atom stereocenters. The monoisotopic (exact) mass is 430 g/mol. The van der Waals surface area contributed by atoms with Crippen LogP contribution in [0, 0.1) is 11.8 Å². The molecule has 0 radical (unpaired) electrons. The number of rotatable bonds is 6. The Bertz CT molecular complexity index is 868. The summed E-state index contributed by atoms with van der Waals surface area (Å²) in [4.78, 5) is 25.8. The molecule has 2 aliphatic rings. The van der Waals surface area contributed by atoms with Gasteiger partial charge < -0.3 is 20.7 Å². The second-order valence-corrected chi connectivity index (χ2v) is 8.20. The second kappa shape index (κ2) is 10.1. The predicted molar refractivity (Wildman–Crippen MR) is 117 cm³/mol. The average Bonchev–Trinajstić information content (AvgIpc) is 2.80. The number of amides is 1. The van der Waals surface area contributed by atoms with E-state index < -0.39 is 0 Å². The fourth-order valence-electron chi connectivity index (χ4n) is 3.80. The molecule has 0 bridgehead atoms. The van der Waals surface area contributed by atoms with E-state index in [0.717, 1.165) is 58.5 Å². The molecule has 0 aliphatic carbocycles. The third-order valence-corrected chi connectivity index (χ3v) is 5.94. The van der Waals surface area contributed by atoms with Crippen molar-refractivity contribution in [3.63, 3.8) is 0 Å². The molecule has 0 unspecified atom stereocenters. The van der Waals surface area contributed by atoms with Crippen LogP contribution >= 0.6 is 11.6 Å². The molecule has 0 aromatic carbocycles. The van der Waals surface area contributed by atoms with Crippen molar-refractivity contribution in [2.75, 3.05) is 43.5 Å². The maximum Gasteiger partial charge on any atom is 0.228 e. The van der Waals surface area contributed by atoms with Gasteiger partial charge in [0.25, 0.3) is 0 Å². The number of piperidine rings is 1. The molecule has 3 N–H and O–H groups in total. The number of anilines is 2. The van der Waals surface area contributed by atoms with E-state index in [1.54, 1.807) is 24.7 Å². The molecule has 1 amide bonds. The highest BCUT2D eigenvalue weighted by Crippen LogP contribution is 2.29. The highest BCUT2D eigenvalue weighted by Gasteiger charge is 2.21. The van der Waals surface area contributed by atoms with E-state index >= 15 is 0 Å². The summed E-state index contributed by atoms with van der Waals surface area (Å²) < 4.78 is 5.41.